The van der Waals surface area contributed by atoms with Crippen LogP contribution in [-0.4, -0.2) is 6.54 Å². The number of halogens is 1. The molecule has 0 aliphatic carbocycles. The Morgan fingerprint density at radius 3 is 2.77 bits per heavy atom. The Morgan fingerprint density at radius 2 is 2.15 bits per heavy atom. The van der Waals surface area contributed by atoms with Gasteiger partial charge in [-0.15, -0.1) is 0 Å². The van der Waals surface area contributed by atoms with Gasteiger partial charge < -0.3 is 5.32 Å². The lowest BCUT2D eigenvalue weighted by Gasteiger charge is -2.15. The third-order valence-electron chi connectivity index (χ3n) is 2.22. The molecule has 1 N–H and O–H groups in total. The molecule has 0 aliphatic heterocycles. The molecule has 72 valence electrons. The summed E-state index contributed by atoms with van der Waals surface area (Å²) in [6, 6.07) is 6.84. The highest BCUT2D eigenvalue weighted by atomic mass is 79.9. The highest BCUT2D eigenvalue weighted by Gasteiger charge is 2.06. The molecule has 1 rings (SSSR count). The fourth-order valence-corrected chi connectivity index (χ4v) is 1.87. The third kappa shape index (κ3) is 2.82. The van der Waals surface area contributed by atoms with Crippen LogP contribution in [0.4, 0.5) is 0 Å². The molecule has 0 amide bonds. The number of benzene rings is 1. The summed E-state index contributed by atoms with van der Waals surface area (Å²) in [7, 11) is 0. The van der Waals surface area contributed by atoms with Gasteiger partial charge >= 0.3 is 0 Å². The van der Waals surface area contributed by atoms with E-state index in [0.717, 1.165) is 11.0 Å². The summed E-state index contributed by atoms with van der Waals surface area (Å²) in [5.41, 5.74) is 2.72. The van der Waals surface area contributed by atoms with Crippen LogP contribution in [0.2, 0.25) is 0 Å². The summed E-state index contributed by atoms with van der Waals surface area (Å²) >= 11 is 3.49. The van der Waals surface area contributed by atoms with Crippen LogP contribution in [0.3, 0.4) is 0 Å². The largest absolute Gasteiger partial charge is 0.310 e. The Morgan fingerprint density at radius 1 is 1.46 bits per heavy atom. The molecule has 1 nitrogen and oxygen atoms in total. The molecule has 0 bridgehead atoms. The van der Waals surface area contributed by atoms with E-state index in [1.54, 1.807) is 0 Å². The van der Waals surface area contributed by atoms with Gasteiger partial charge in [0.2, 0.25) is 0 Å². The van der Waals surface area contributed by atoms with Crippen molar-refractivity contribution in [3.8, 4) is 0 Å². The molecule has 13 heavy (non-hydrogen) atoms. The van der Waals surface area contributed by atoms with E-state index in [1.165, 1.54) is 11.1 Å². The van der Waals surface area contributed by atoms with Gasteiger partial charge in [0, 0.05) is 10.5 Å². The van der Waals surface area contributed by atoms with Gasteiger partial charge in [0.25, 0.3) is 0 Å². The van der Waals surface area contributed by atoms with Gasteiger partial charge in [-0.25, -0.2) is 0 Å². The fourth-order valence-electron chi connectivity index (χ4n) is 1.49. The van der Waals surface area contributed by atoms with E-state index in [4.69, 9.17) is 0 Å². The molecule has 0 radical (unpaired) electrons. The third-order valence-corrected chi connectivity index (χ3v) is 2.71. The normalized spacial score (nSPS) is 12.9. The van der Waals surface area contributed by atoms with Crippen molar-refractivity contribution in [2.45, 2.75) is 26.8 Å². The number of hydrogen-bond donors (Lipinski definition) is 1. The first-order chi connectivity index (χ1) is 6.15. The van der Waals surface area contributed by atoms with Gasteiger partial charge in [-0.1, -0.05) is 28.9 Å². The molecule has 0 saturated heterocycles. The number of nitrogens with one attached hydrogen (secondary N) is 1. The quantitative estimate of drug-likeness (QED) is 0.856. The topological polar surface area (TPSA) is 12.0 Å². The molecular formula is C11H16BrN. The second-order valence-corrected chi connectivity index (χ2v) is 4.20. The van der Waals surface area contributed by atoms with Crippen LogP contribution in [0.25, 0.3) is 0 Å². The van der Waals surface area contributed by atoms with Crippen LogP contribution < -0.4 is 5.32 Å². The predicted octanol–water partition coefficient (Wildman–Crippen LogP) is 3.43. The lowest BCUT2D eigenvalue weighted by Crippen LogP contribution is -2.18. The van der Waals surface area contributed by atoms with E-state index in [9.17, 15) is 0 Å². The van der Waals surface area contributed by atoms with Crippen LogP contribution in [0.1, 0.15) is 31.0 Å². The summed E-state index contributed by atoms with van der Waals surface area (Å²) in [6.07, 6.45) is 0. The molecule has 0 fully saturated rings. The summed E-state index contributed by atoms with van der Waals surface area (Å²) in [6.45, 7) is 7.48. The van der Waals surface area contributed by atoms with Gasteiger partial charge in [0.15, 0.2) is 0 Å². The van der Waals surface area contributed by atoms with Crippen molar-refractivity contribution in [2.24, 2.45) is 0 Å². The Kier molecular flexibility index (Phi) is 3.94. The lowest BCUT2D eigenvalue weighted by molar-refractivity contribution is 0.595. The first-order valence-corrected chi connectivity index (χ1v) is 5.44. The first kappa shape index (κ1) is 10.7. The van der Waals surface area contributed by atoms with Crippen LogP contribution in [0, 0.1) is 6.92 Å². The average molecular weight is 242 g/mol. The number of hydrogen-bond acceptors (Lipinski definition) is 1. The first-order valence-electron chi connectivity index (χ1n) is 4.64. The van der Waals surface area contributed by atoms with Crippen molar-refractivity contribution < 1.29 is 0 Å². The fraction of sp³-hybridized carbons (Fsp3) is 0.455. The molecule has 1 atom stereocenters. The molecule has 0 heterocycles. The van der Waals surface area contributed by atoms with Gasteiger partial charge in [-0.05, 0) is 43.7 Å². The van der Waals surface area contributed by atoms with Crippen molar-refractivity contribution in [3.63, 3.8) is 0 Å². The zero-order valence-corrected chi connectivity index (χ0v) is 9.98. The molecule has 1 aromatic rings. The Balaban J connectivity index is 2.91. The van der Waals surface area contributed by atoms with Gasteiger partial charge in [-0.3, -0.25) is 0 Å². The van der Waals surface area contributed by atoms with Crippen molar-refractivity contribution >= 4 is 15.9 Å². The van der Waals surface area contributed by atoms with Crippen LogP contribution in [0.5, 0.6) is 0 Å². The minimum Gasteiger partial charge on any atom is -0.310 e. The van der Waals surface area contributed by atoms with Crippen molar-refractivity contribution in [1.82, 2.24) is 5.32 Å². The Labute approximate surface area is 88.7 Å². The molecule has 0 spiro atoms. The summed E-state index contributed by atoms with van der Waals surface area (Å²) < 4.78 is 1.15. The monoisotopic (exact) mass is 241 g/mol. The highest BCUT2D eigenvalue weighted by molar-refractivity contribution is 9.10. The molecule has 2 heteroatoms. The van der Waals surface area contributed by atoms with E-state index in [-0.39, 0.29) is 0 Å². The predicted molar refractivity (Wildman–Crippen MR) is 61.0 cm³/mol. The van der Waals surface area contributed by atoms with Crippen molar-refractivity contribution in [1.29, 1.82) is 0 Å². The maximum atomic E-state index is 3.49. The molecule has 0 aromatic heterocycles. The van der Waals surface area contributed by atoms with E-state index in [1.807, 2.05) is 0 Å². The van der Waals surface area contributed by atoms with Gasteiger partial charge in [-0.2, -0.15) is 0 Å². The number of aryl methyl sites for hydroxylation is 1. The maximum absolute atomic E-state index is 3.49. The molecule has 0 aliphatic rings. The SMILES string of the molecule is CCNC(C)c1cc(Br)ccc1C. The number of rotatable bonds is 3. The van der Waals surface area contributed by atoms with Crippen molar-refractivity contribution in [2.75, 3.05) is 6.54 Å². The standard InChI is InChI=1S/C11H16BrN/c1-4-13-9(3)11-7-10(12)6-5-8(11)2/h5-7,9,13H,4H2,1-3H3. The van der Waals surface area contributed by atoms with Crippen LogP contribution in [0.15, 0.2) is 22.7 Å². The summed E-state index contributed by atoms with van der Waals surface area (Å²) in [5, 5.41) is 3.41. The second kappa shape index (κ2) is 4.77. The van der Waals surface area contributed by atoms with E-state index in [0.29, 0.717) is 6.04 Å². The van der Waals surface area contributed by atoms with Crippen LogP contribution >= 0.6 is 15.9 Å². The van der Waals surface area contributed by atoms with Crippen LogP contribution in [-0.2, 0) is 0 Å². The Hall–Kier alpha value is -0.340. The van der Waals surface area contributed by atoms with Gasteiger partial charge in [0.1, 0.15) is 0 Å². The maximum Gasteiger partial charge on any atom is 0.0294 e. The highest BCUT2D eigenvalue weighted by Crippen LogP contribution is 2.21. The molecule has 0 saturated carbocycles. The second-order valence-electron chi connectivity index (χ2n) is 3.28. The summed E-state index contributed by atoms with van der Waals surface area (Å²) in [4.78, 5) is 0. The van der Waals surface area contributed by atoms with Gasteiger partial charge in [0.05, 0.1) is 0 Å². The zero-order chi connectivity index (χ0) is 9.84. The average Bonchev–Trinajstić information content (AvgIpc) is 2.09. The lowest BCUT2D eigenvalue weighted by atomic mass is 10.0. The zero-order valence-electron chi connectivity index (χ0n) is 8.39. The summed E-state index contributed by atoms with van der Waals surface area (Å²) in [5.74, 6) is 0. The van der Waals surface area contributed by atoms with E-state index < -0.39 is 0 Å². The Bertz CT molecular complexity index is 283. The molecule has 1 unspecified atom stereocenters. The minimum atomic E-state index is 0.433. The minimum absolute atomic E-state index is 0.433. The van der Waals surface area contributed by atoms with E-state index in [2.05, 4.69) is 60.2 Å². The molecule has 1 aromatic carbocycles. The van der Waals surface area contributed by atoms with Crippen molar-refractivity contribution in [3.05, 3.63) is 33.8 Å². The smallest absolute Gasteiger partial charge is 0.0294 e. The molecular weight excluding hydrogens is 226 g/mol. The van der Waals surface area contributed by atoms with E-state index >= 15 is 0 Å².